The quantitative estimate of drug-likeness (QED) is 0.811. The van der Waals surface area contributed by atoms with E-state index >= 15 is 0 Å². The number of aromatic nitrogens is 1. The summed E-state index contributed by atoms with van der Waals surface area (Å²) in [6.07, 6.45) is 5.55. The molecular weight excluding hydrogens is 186 g/mol. The van der Waals surface area contributed by atoms with Crippen molar-refractivity contribution >= 4 is 0 Å². The van der Waals surface area contributed by atoms with E-state index in [0.29, 0.717) is 6.61 Å². The maximum absolute atomic E-state index is 8.28. The lowest BCUT2D eigenvalue weighted by molar-refractivity contribution is 0.280. The Hall–Kier alpha value is -0.890. The number of aryl methyl sites for hydroxylation is 1. The van der Waals surface area contributed by atoms with Crippen LogP contribution in [0.1, 0.15) is 38.8 Å². The van der Waals surface area contributed by atoms with Crippen LogP contribution in [0.4, 0.5) is 0 Å². The number of aliphatic hydroxyl groups is 1. The molecule has 0 atom stereocenters. The van der Waals surface area contributed by atoms with Crippen LogP contribution in [-0.4, -0.2) is 16.7 Å². The zero-order chi connectivity index (χ0) is 11.5. The maximum Gasteiger partial charge on any atom is 0.0433 e. The molecule has 2 heteroatoms. The smallest absolute Gasteiger partial charge is 0.0433 e. The lowest BCUT2D eigenvalue weighted by Gasteiger charge is -1.82. The third-order valence-electron chi connectivity index (χ3n) is 2.05. The predicted molar refractivity (Wildman–Crippen MR) is 64.7 cm³/mol. The minimum absolute atomic E-state index is 0.394. The van der Waals surface area contributed by atoms with Gasteiger partial charge in [0.25, 0.3) is 0 Å². The molecule has 1 fully saturated rings. The minimum Gasteiger partial charge on any atom is -0.396 e. The van der Waals surface area contributed by atoms with Gasteiger partial charge in [-0.25, -0.2) is 0 Å². The van der Waals surface area contributed by atoms with Crippen LogP contribution in [0.3, 0.4) is 0 Å². The third kappa shape index (κ3) is 9.42. The first-order valence-corrected chi connectivity index (χ1v) is 5.81. The fraction of sp³-hybridized carbons (Fsp3) is 0.615. The number of pyridine rings is 1. The van der Waals surface area contributed by atoms with Crippen molar-refractivity contribution in [3.8, 4) is 0 Å². The lowest BCUT2D eigenvalue weighted by Crippen LogP contribution is -1.80. The number of hydrogen-bond acceptors (Lipinski definition) is 2. The zero-order valence-electron chi connectivity index (χ0n) is 10.1. The normalized spacial score (nSPS) is 13.1. The van der Waals surface area contributed by atoms with E-state index < -0.39 is 0 Å². The molecular formula is C13H23NO. The molecule has 0 aromatic carbocycles. The molecule has 1 aliphatic rings. The Morgan fingerprint density at radius 2 is 2.00 bits per heavy atom. The van der Waals surface area contributed by atoms with Gasteiger partial charge in [-0.1, -0.05) is 32.8 Å². The second-order valence-electron chi connectivity index (χ2n) is 3.43. The summed E-state index contributed by atoms with van der Waals surface area (Å²) >= 11 is 0. The fourth-order valence-electron chi connectivity index (χ4n) is 1.04. The van der Waals surface area contributed by atoms with E-state index in [2.05, 4.69) is 4.98 Å². The minimum atomic E-state index is 0.394. The van der Waals surface area contributed by atoms with Crippen molar-refractivity contribution in [1.82, 2.24) is 4.98 Å². The molecule has 0 bridgehead atoms. The van der Waals surface area contributed by atoms with Gasteiger partial charge in [-0.05, 0) is 31.4 Å². The van der Waals surface area contributed by atoms with Gasteiger partial charge >= 0.3 is 0 Å². The average molecular weight is 209 g/mol. The van der Waals surface area contributed by atoms with Crippen molar-refractivity contribution in [3.63, 3.8) is 0 Å². The zero-order valence-corrected chi connectivity index (χ0v) is 10.1. The topological polar surface area (TPSA) is 33.1 Å². The van der Waals surface area contributed by atoms with Gasteiger partial charge in [-0.3, -0.25) is 4.98 Å². The Balaban J connectivity index is 0.000000227. The maximum atomic E-state index is 8.28. The molecule has 1 heterocycles. The summed E-state index contributed by atoms with van der Waals surface area (Å²) in [5, 5.41) is 8.28. The first-order valence-electron chi connectivity index (χ1n) is 5.81. The molecule has 0 saturated heterocycles. The molecule has 2 rings (SSSR count). The Morgan fingerprint density at radius 3 is 2.20 bits per heavy atom. The highest BCUT2D eigenvalue weighted by Crippen LogP contribution is 2.31. The summed E-state index contributed by atoms with van der Waals surface area (Å²) in [7, 11) is 0. The van der Waals surface area contributed by atoms with Crippen LogP contribution in [0.5, 0.6) is 0 Å². The second kappa shape index (κ2) is 9.66. The Morgan fingerprint density at radius 1 is 1.33 bits per heavy atom. The van der Waals surface area contributed by atoms with Crippen LogP contribution < -0.4 is 0 Å². The van der Waals surface area contributed by atoms with E-state index in [4.69, 9.17) is 5.11 Å². The Bertz CT molecular complexity index is 219. The van der Waals surface area contributed by atoms with Crippen molar-refractivity contribution in [2.45, 2.75) is 40.0 Å². The number of hydrogen-bond donors (Lipinski definition) is 1. The van der Waals surface area contributed by atoms with Crippen LogP contribution in [0.15, 0.2) is 24.4 Å². The summed E-state index contributed by atoms with van der Waals surface area (Å²) in [6.45, 7) is 6.37. The van der Waals surface area contributed by atoms with E-state index in [1.807, 2.05) is 39.0 Å². The monoisotopic (exact) mass is 209 g/mol. The summed E-state index contributed by atoms with van der Waals surface area (Å²) in [5.74, 6) is 0.898. The lowest BCUT2D eigenvalue weighted by atomic mass is 10.3. The van der Waals surface area contributed by atoms with Crippen molar-refractivity contribution in [2.24, 2.45) is 5.92 Å². The Kier molecular flexibility index (Phi) is 9.08. The fourth-order valence-corrected chi connectivity index (χ4v) is 1.04. The van der Waals surface area contributed by atoms with Crippen molar-refractivity contribution in [2.75, 3.05) is 6.61 Å². The molecule has 0 unspecified atom stereocenters. The van der Waals surface area contributed by atoms with Crippen molar-refractivity contribution < 1.29 is 5.11 Å². The third-order valence-corrected chi connectivity index (χ3v) is 2.05. The van der Waals surface area contributed by atoms with Gasteiger partial charge in [-0.15, -0.1) is 0 Å². The highest BCUT2D eigenvalue weighted by atomic mass is 16.3. The van der Waals surface area contributed by atoms with Gasteiger partial charge in [-0.2, -0.15) is 0 Å². The molecule has 1 aliphatic carbocycles. The van der Waals surface area contributed by atoms with Crippen LogP contribution in [0.2, 0.25) is 0 Å². The summed E-state index contributed by atoms with van der Waals surface area (Å²) in [4.78, 5) is 3.98. The van der Waals surface area contributed by atoms with Gasteiger partial charge in [0.2, 0.25) is 0 Å². The van der Waals surface area contributed by atoms with Crippen molar-refractivity contribution in [3.05, 3.63) is 30.1 Å². The molecule has 0 radical (unpaired) electrons. The van der Waals surface area contributed by atoms with E-state index in [-0.39, 0.29) is 0 Å². The molecule has 86 valence electrons. The van der Waals surface area contributed by atoms with E-state index in [0.717, 1.165) is 18.0 Å². The van der Waals surface area contributed by atoms with Crippen LogP contribution in [-0.2, 0) is 0 Å². The number of nitrogens with zero attached hydrogens (tertiary/aromatic N) is 1. The van der Waals surface area contributed by atoms with E-state index in [9.17, 15) is 0 Å². The Labute approximate surface area is 93.4 Å². The van der Waals surface area contributed by atoms with Crippen LogP contribution in [0.25, 0.3) is 0 Å². The van der Waals surface area contributed by atoms with E-state index in [1.54, 1.807) is 6.20 Å². The van der Waals surface area contributed by atoms with Crippen LogP contribution in [0, 0.1) is 12.8 Å². The summed E-state index contributed by atoms with van der Waals surface area (Å²) < 4.78 is 0. The first kappa shape index (κ1) is 14.1. The molecule has 1 saturated carbocycles. The SMILES string of the molecule is CC.Cc1ccccn1.OCCC1CC1. The highest BCUT2D eigenvalue weighted by molar-refractivity contribution is 4.99. The molecule has 0 aliphatic heterocycles. The summed E-state index contributed by atoms with van der Waals surface area (Å²) in [5.41, 5.74) is 1.07. The summed E-state index contributed by atoms with van der Waals surface area (Å²) in [6, 6.07) is 5.86. The van der Waals surface area contributed by atoms with E-state index in [1.165, 1.54) is 12.8 Å². The van der Waals surface area contributed by atoms with Crippen LogP contribution >= 0.6 is 0 Å². The molecule has 1 aromatic rings. The van der Waals surface area contributed by atoms with Gasteiger partial charge in [0.15, 0.2) is 0 Å². The first-order chi connectivity index (χ1) is 7.33. The predicted octanol–water partition coefficient (Wildman–Crippen LogP) is 3.20. The molecule has 1 N–H and O–H groups in total. The van der Waals surface area contributed by atoms with Gasteiger partial charge < -0.3 is 5.11 Å². The molecule has 0 spiro atoms. The number of aliphatic hydroxyl groups excluding tert-OH is 1. The average Bonchev–Trinajstić information content (AvgIpc) is 3.08. The molecule has 15 heavy (non-hydrogen) atoms. The van der Waals surface area contributed by atoms with Gasteiger partial charge in [0, 0.05) is 18.5 Å². The second-order valence-corrected chi connectivity index (χ2v) is 3.43. The molecule has 2 nitrogen and oxygen atoms in total. The molecule has 1 aromatic heterocycles. The highest BCUT2D eigenvalue weighted by Gasteiger charge is 2.19. The van der Waals surface area contributed by atoms with Gasteiger partial charge in [0.05, 0.1) is 0 Å². The largest absolute Gasteiger partial charge is 0.396 e. The molecule has 0 amide bonds. The number of rotatable bonds is 2. The van der Waals surface area contributed by atoms with Gasteiger partial charge in [0.1, 0.15) is 0 Å². The standard InChI is InChI=1S/C6H7N.C5H10O.C2H6/c1-6-4-2-3-5-7-6;6-4-3-5-1-2-5;1-2/h2-5H,1H3;5-6H,1-4H2;1-2H3. The van der Waals surface area contributed by atoms with Crippen molar-refractivity contribution in [1.29, 1.82) is 0 Å².